The predicted molar refractivity (Wildman–Crippen MR) is 109 cm³/mol. The van der Waals surface area contributed by atoms with Crippen LogP contribution in [0.2, 0.25) is 0 Å². The number of hydrogen-bond donors (Lipinski definition) is 4. The molecule has 174 valence electrons. The van der Waals surface area contributed by atoms with Crippen LogP contribution in [-0.4, -0.2) is 74.4 Å². The molecule has 9 atom stereocenters. The lowest BCUT2D eigenvalue weighted by Gasteiger charge is -2.67. The van der Waals surface area contributed by atoms with Crippen LogP contribution in [0.1, 0.15) is 54.4 Å². The molecule has 0 aromatic carbocycles. The predicted octanol–water partition coefficient (Wildman–Crippen LogP) is 0.492. The summed E-state index contributed by atoms with van der Waals surface area (Å²) in [6.07, 6.45) is -4.34. The van der Waals surface area contributed by atoms with Crippen LogP contribution in [0.5, 0.6) is 0 Å². The molecule has 3 aliphatic carbocycles. The van der Waals surface area contributed by atoms with E-state index in [2.05, 4.69) is 0 Å². The van der Waals surface area contributed by atoms with Crippen molar-refractivity contribution in [2.24, 2.45) is 22.7 Å². The highest BCUT2D eigenvalue weighted by atomic mass is 16.6. The molecule has 8 nitrogen and oxygen atoms in total. The van der Waals surface area contributed by atoms with Gasteiger partial charge in [-0.15, -0.1) is 0 Å². The zero-order valence-electron chi connectivity index (χ0n) is 19.0. The Labute approximate surface area is 182 Å². The van der Waals surface area contributed by atoms with Gasteiger partial charge in [0.2, 0.25) is 0 Å². The number of aliphatic hydroxyl groups is 4. The van der Waals surface area contributed by atoms with E-state index < -0.39 is 70.0 Å². The number of ketones is 1. The smallest absolute Gasteiger partial charge is 0.303 e. The zero-order chi connectivity index (χ0) is 23.3. The minimum atomic E-state index is -1.61. The summed E-state index contributed by atoms with van der Waals surface area (Å²) in [7, 11) is 0. The van der Waals surface area contributed by atoms with E-state index in [4.69, 9.17) is 9.47 Å². The van der Waals surface area contributed by atoms with Crippen molar-refractivity contribution in [3.05, 3.63) is 11.1 Å². The first kappa shape index (κ1) is 22.9. The van der Waals surface area contributed by atoms with Gasteiger partial charge >= 0.3 is 5.97 Å². The van der Waals surface area contributed by atoms with Gasteiger partial charge in [-0.2, -0.15) is 0 Å². The molecule has 9 unspecified atom stereocenters. The maximum absolute atomic E-state index is 13.9. The Morgan fingerprint density at radius 3 is 2.32 bits per heavy atom. The summed E-state index contributed by atoms with van der Waals surface area (Å²) in [5, 5.41) is 45.4. The number of ether oxygens (including phenoxy) is 2. The van der Waals surface area contributed by atoms with E-state index in [0.717, 1.165) is 0 Å². The number of fused-ring (bicyclic) bond motifs is 5. The van der Waals surface area contributed by atoms with Crippen molar-refractivity contribution < 1.29 is 39.5 Å². The van der Waals surface area contributed by atoms with Gasteiger partial charge in [0.25, 0.3) is 0 Å². The third-order valence-electron chi connectivity index (χ3n) is 9.18. The standard InChI is InChI=1S/C23H34O8/c1-10-13(25)8-23(29)11(2)18-21(6,19(28)17(27)16(10)20(23,4)5)14(26)7-15-22(18,9-30-15)31-12(3)24/h11,13-15,17-18,25-27,29H,7-9H2,1-6H3. The molecule has 0 aromatic rings. The summed E-state index contributed by atoms with van der Waals surface area (Å²) in [4.78, 5) is 26.0. The summed E-state index contributed by atoms with van der Waals surface area (Å²) in [5.74, 6) is -2.64. The van der Waals surface area contributed by atoms with Crippen molar-refractivity contribution in [1.82, 2.24) is 0 Å². The molecule has 4 N–H and O–H groups in total. The maximum atomic E-state index is 13.9. The lowest BCUT2D eigenvalue weighted by atomic mass is 9.42. The summed E-state index contributed by atoms with van der Waals surface area (Å²) in [6.45, 7) is 9.88. The molecule has 1 aliphatic heterocycles. The third kappa shape index (κ3) is 2.54. The van der Waals surface area contributed by atoms with Gasteiger partial charge in [-0.05, 0) is 30.9 Å². The van der Waals surface area contributed by atoms with E-state index in [1.807, 2.05) is 0 Å². The second kappa shape index (κ2) is 6.60. The molecular formula is C23H34O8. The Morgan fingerprint density at radius 1 is 1.19 bits per heavy atom. The van der Waals surface area contributed by atoms with Gasteiger partial charge in [0.15, 0.2) is 11.4 Å². The van der Waals surface area contributed by atoms with Crippen molar-refractivity contribution in [2.45, 2.75) is 90.0 Å². The highest BCUT2D eigenvalue weighted by molar-refractivity contribution is 5.93. The lowest BCUT2D eigenvalue weighted by Crippen LogP contribution is -2.79. The number of Topliss-reactive ketones (excluding diaryl/α,β-unsaturated/α-hetero) is 1. The molecule has 2 saturated carbocycles. The molecule has 0 aromatic heterocycles. The van der Waals surface area contributed by atoms with Gasteiger partial charge in [0, 0.05) is 31.1 Å². The minimum Gasteiger partial charge on any atom is -0.454 e. The Hall–Kier alpha value is -1.32. The van der Waals surface area contributed by atoms with Crippen molar-refractivity contribution in [1.29, 1.82) is 0 Å². The van der Waals surface area contributed by atoms with Crippen LogP contribution in [0.15, 0.2) is 11.1 Å². The van der Waals surface area contributed by atoms with Gasteiger partial charge < -0.3 is 29.9 Å². The van der Waals surface area contributed by atoms with E-state index in [1.54, 1.807) is 34.6 Å². The molecule has 8 heteroatoms. The Morgan fingerprint density at radius 2 is 1.81 bits per heavy atom. The van der Waals surface area contributed by atoms with Crippen LogP contribution < -0.4 is 0 Å². The third-order valence-corrected chi connectivity index (χ3v) is 9.18. The van der Waals surface area contributed by atoms with Crippen LogP contribution >= 0.6 is 0 Å². The fraction of sp³-hybridized carbons (Fsp3) is 0.826. The second-order valence-corrected chi connectivity index (χ2v) is 10.8. The Bertz CT molecular complexity index is 864. The first-order valence-corrected chi connectivity index (χ1v) is 11.0. The van der Waals surface area contributed by atoms with Gasteiger partial charge in [-0.1, -0.05) is 20.8 Å². The van der Waals surface area contributed by atoms with Gasteiger partial charge in [0.1, 0.15) is 12.2 Å². The SMILES string of the molecule is CC(=O)OC12COC1CC(O)C1(C)C(=O)C(O)C3=C(C)C(O)CC(O)(C(C)C21)C3(C)C. The number of aliphatic hydroxyl groups excluding tert-OH is 3. The highest BCUT2D eigenvalue weighted by Gasteiger charge is 2.75. The lowest BCUT2D eigenvalue weighted by molar-refractivity contribution is -0.338. The summed E-state index contributed by atoms with van der Waals surface area (Å²) in [6, 6.07) is 0. The van der Waals surface area contributed by atoms with Crippen LogP contribution in [0.25, 0.3) is 0 Å². The van der Waals surface area contributed by atoms with E-state index in [-0.39, 0.29) is 19.4 Å². The van der Waals surface area contributed by atoms with E-state index >= 15 is 0 Å². The topological polar surface area (TPSA) is 134 Å². The fourth-order valence-corrected chi connectivity index (χ4v) is 7.39. The molecule has 0 spiro atoms. The number of carbonyl (C=O) groups excluding carboxylic acids is 2. The maximum Gasteiger partial charge on any atom is 0.303 e. The quantitative estimate of drug-likeness (QED) is 0.343. The zero-order valence-corrected chi connectivity index (χ0v) is 19.0. The number of hydrogen-bond acceptors (Lipinski definition) is 8. The van der Waals surface area contributed by atoms with Gasteiger partial charge in [-0.25, -0.2) is 0 Å². The second-order valence-electron chi connectivity index (χ2n) is 10.8. The fourth-order valence-electron chi connectivity index (χ4n) is 7.39. The van der Waals surface area contributed by atoms with Crippen molar-refractivity contribution in [3.8, 4) is 0 Å². The van der Waals surface area contributed by atoms with E-state index in [9.17, 15) is 30.0 Å². The van der Waals surface area contributed by atoms with E-state index in [0.29, 0.717) is 11.1 Å². The van der Waals surface area contributed by atoms with Crippen LogP contribution in [0.4, 0.5) is 0 Å². The van der Waals surface area contributed by atoms with Crippen LogP contribution in [0, 0.1) is 22.7 Å². The molecule has 0 radical (unpaired) electrons. The Kier molecular flexibility index (Phi) is 4.87. The largest absolute Gasteiger partial charge is 0.454 e. The Balaban J connectivity index is 2.02. The van der Waals surface area contributed by atoms with Crippen molar-refractivity contribution in [3.63, 3.8) is 0 Å². The molecule has 4 rings (SSSR count). The number of esters is 1. The normalized spacial score (nSPS) is 51.1. The molecule has 0 amide bonds. The van der Waals surface area contributed by atoms with E-state index in [1.165, 1.54) is 6.92 Å². The molecule has 31 heavy (non-hydrogen) atoms. The summed E-state index contributed by atoms with van der Waals surface area (Å²) < 4.78 is 11.5. The average molecular weight is 439 g/mol. The van der Waals surface area contributed by atoms with Crippen molar-refractivity contribution in [2.75, 3.05) is 6.61 Å². The molecule has 3 fully saturated rings. The minimum absolute atomic E-state index is 0.00175. The van der Waals surface area contributed by atoms with Crippen molar-refractivity contribution >= 4 is 11.8 Å². The molecule has 1 saturated heterocycles. The van der Waals surface area contributed by atoms with Crippen LogP contribution in [-0.2, 0) is 19.1 Å². The van der Waals surface area contributed by atoms with Crippen LogP contribution in [0.3, 0.4) is 0 Å². The summed E-state index contributed by atoms with van der Waals surface area (Å²) >= 11 is 0. The first-order valence-electron chi connectivity index (χ1n) is 11.0. The molecule has 2 bridgehead atoms. The molecule has 1 heterocycles. The van der Waals surface area contributed by atoms with Gasteiger partial charge in [0.05, 0.1) is 29.8 Å². The number of carbonyl (C=O) groups is 2. The van der Waals surface area contributed by atoms with Gasteiger partial charge in [-0.3, -0.25) is 9.59 Å². The molecule has 4 aliphatic rings. The molecular weight excluding hydrogens is 404 g/mol. The number of rotatable bonds is 1. The first-order chi connectivity index (χ1) is 14.2. The summed E-state index contributed by atoms with van der Waals surface area (Å²) in [5.41, 5.74) is -4.53. The monoisotopic (exact) mass is 438 g/mol. The average Bonchev–Trinajstić information content (AvgIpc) is 2.65. The highest BCUT2D eigenvalue weighted by Crippen LogP contribution is 2.65.